The van der Waals surface area contributed by atoms with Gasteiger partial charge in [0, 0.05) is 0 Å². The van der Waals surface area contributed by atoms with Crippen LogP contribution in [0.3, 0.4) is 0 Å². The van der Waals surface area contributed by atoms with Crippen molar-refractivity contribution in [2.24, 2.45) is 5.92 Å². The molecule has 12 heavy (non-hydrogen) atoms. The molecule has 1 heterocycles. The predicted molar refractivity (Wildman–Crippen MR) is 47.8 cm³/mol. The first-order valence-electron chi connectivity index (χ1n) is 5.00. The molecule has 2 nitrogen and oxygen atoms in total. The van der Waals surface area contributed by atoms with Crippen LogP contribution in [0.4, 0.5) is 0 Å². The minimum Gasteiger partial charge on any atom is -0.461 e. The van der Waals surface area contributed by atoms with Crippen LogP contribution < -0.4 is 0 Å². The maximum Gasteiger partial charge on any atom is 0.313 e. The van der Waals surface area contributed by atoms with Gasteiger partial charge in [-0.2, -0.15) is 0 Å². The molecule has 0 spiro atoms. The molecule has 0 aromatic heterocycles. The van der Waals surface area contributed by atoms with E-state index in [1.54, 1.807) is 0 Å². The third kappa shape index (κ3) is 1.99. The molecule has 0 aromatic rings. The third-order valence-corrected chi connectivity index (χ3v) is 2.46. The van der Waals surface area contributed by atoms with E-state index >= 15 is 0 Å². The van der Waals surface area contributed by atoms with Gasteiger partial charge >= 0.3 is 5.97 Å². The zero-order chi connectivity index (χ0) is 8.97. The van der Waals surface area contributed by atoms with Crippen LogP contribution in [-0.2, 0) is 9.53 Å². The molecule has 0 radical (unpaired) electrons. The maximum atomic E-state index is 11.0. The average molecular weight is 170 g/mol. The second kappa shape index (κ2) is 4.48. The van der Waals surface area contributed by atoms with Gasteiger partial charge in [-0.15, -0.1) is 0 Å². The van der Waals surface area contributed by atoms with Crippen LogP contribution >= 0.6 is 0 Å². The van der Waals surface area contributed by atoms with Gasteiger partial charge in [-0.3, -0.25) is 4.79 Å². The molecule has 1 rings (SSSR count). The van der Waals surface area contributed by atoms with Crippen LogP contribution in [0.15, 0.2) is 0 Å². The molecule has 1 saturated heterocycles. The van der Waals surface area contributed by atoms with E-state index in [-0.39, 0.29) is 18.0 Å². The number of hydrogen-bond acceptors (Lipinski definition) is 2. The minimum absolute atomic E-state index is 0.0259. The zero-order valence-electron chi connectivity index (χ0n) is 8.01. The van der Waals surface area contributed by atoms with Crippen molar-refractivity contribution in [2.75, 3.05) is 0 Å². The number of cyclic esters (lactones) is 1. The Morgan fingerprint density at radius 1 is 1.25 bits per heavy atom. The first kappa shape index (κ1) is 9.56. The van der Waals surface area contributed by atoms with Crippen molar-refractivity contribution in [2.45, 2.75) is 52.1 Å². The lowest BCUT2D eigenvalue weighted by Gasteiger charge is -2.35. The summed E-state index contributed by atoms with van der Waals surface area (Å²) in [5, 5.41) is 0. The highest BCUT2D eigenvalue weighted by Gasteiger charge is 2.40. The topological polar surface area (TPSA) is 26.3 Å². The van der Waals surface area contributed by atoms with E-state index in [4.69, 9.17) is 4.74 Å². The Morgan fingerprint density at radius 3 is 2.50 bits per heavy atom. The van der Waals surface area contributed by atoms with E-state index in [2.05, 4.69) is 13.8 Å². The van der Waals surface area contributed by atoms with Gasteiger partial charge in [-0.25, -0.2) is 0 Å². The summed E-state index contributed by atoms with van der Waals surface area (Å²) in [5.41, 5.74) is 0. The van der Waals surface area contributed by atoms with Gasteiger partial charge < -0.3 is 4.74 Å². The van der Waals surface area contributed by atoms with Gasteiger partial charge in [-0.05, 0) is 12.8 Å². The summed E-state index contributed by atoms with van der Waals surface area (Å²) in [6, 6.07) is 0. The zero-order valence-corrected chi connectivity index (χ0v) is 8.01. The summed E-state index contributed by atoms with van der Waals surface area (Å²) in [4.78, 5) is 11.0. The van der Waals surface area contributed by atoms with Crippen molar-refractivity contribution in [1.82, 2.24) is 0 Å². The van der Waals surface area contributed by atoms with E-state index in [1.807, 2.05) is 0 Å². The van der Waals surface area contributed by atoms with Crippen LogP contribution in [0, 0.1) is 5.92 Å². The van der Waals surface area contributed by atoms with Crippen LogP contribution in [-0.4, -0.2) is 12.1 Å². The lowest BCUT2D eigenvalue weighted by molar-refractivity contribution is -0.186. The normalized spacial score (nSPS) is 28.0. The number of carbonyl (C=O) groups excluding carboxylic acids is 1. The SMILES string of the molecule is CCCC[C@H]1OC(=O)[C@@H]1CCC. The molecular weight excluding hydrogens is 152 g/mol. The standard InChI is InChI=1S/C10H18O2/c1-3-5-7-9-8(6-4-2)10(11)12-9/h8-9H,3-7H2,1-2H3/t8-,9-/m1/s1. The fraction of sp³-hybridized carbons (Fsp3) is 0.900. The van der Waals surface area contributed by atoms with E-state index in [9.17, 15) is 4.79 Å². The second-order valence-corrected chi connectivity index (χ2v) is 3.51. The Bertz CT molecular complexity index is 154. The van der Waals surface area contributed by atoms with Crippen LogP contribution in [0.2, 0.25) is 0 Å². The summed E-state index contributed by atoms with van der Waals surface area (Å²) in [6.45, 7) is 4.28. The number of unbranched alkanes of at least 4 members (excludes halogenated alkanes) is 1. The Kier molecular flexibility index (Phi) is 3.57. The quantitative estimate of drug-likeness (QED) is 0.593. The molecule has 70 valence electrons. The van der Waals surface area contributed by atoms with Gasteiger partial charge in [0.25, 0.3) is 0 Å². The fourth-order valence-electron chi connectivity index (χ4n) is 1.68. The predicted octanol–water partition coefficient (Wildman–Crippen LogP) is 2.52. The summed E-state index contributed by atoms with van der Waals surface area (Å²) in [7, 11) is 0. The fourth-order valence-corrected chi connectivity index (χ4v) is 1.68. The van der Waals surface area contributed by atoms with Crippen molar-refractivity contribution >= 4 is 5.97 Å². The lowest BCUT2D eigenvalue weighted by atomic mass is 9.89. The molecule has 1 aliphatic heterocycles. The molecule has 0 aliphatic carbocycles. The van der Waals surface area contributed by atoms with Crippen molar-refractivity contribution in [3.05, 3.63) is 0 Å². The summed E-state index contributed by atoms with van der Waals surface area (Å²) in [5.74, 6) is 0.250. The molecule has 0 aromatic carbocycles. The highest BCUT2D eigenvalue weighted by molar-refractivity contribution is 5.78. The number of ether oxygens (including phenoxy) is 1. The Morgan fingerprint density at radius 2 is 2.00 bits per heavy atom. The minimum atomic E-state index is 0.0259. The van der Waals surface area contributed by atoms with Crippen molar-refractivity contribution in [1.29, 1.82) is 0 Å². The molecule has 0 unspecified atom stereocenters. The third-order valence-electron chi connectivity index (χ3n) is 2.46. The molecule has 1 fully saturated rings. The largest absolute Gasteiger partial charge is 0.461 e. The van der Waals surface area contributed by atoms with Crippen LogP contribution in [0.1, 0.15) is 46.0 Å². The second-order valence-electron chi connectivity index (χ2n) is 3.51. The molecule has 2 atom stereocenters. The van der Waals surface area contributed by atoms with Crippen molar-refractivity contribution in [3.63, 3.8) is 0 Å². The molecule has 1 aliphatic rings. The van der Waals surface area contributed by atoms with Gasteiger partial charge in [-0.1, -0.05) is 33.1 Å². The summed E-state index contributed by atoms with van der Waals surface area (Å²) >= 11 is 0. The maximum absolute atomic E-state index is 11.0. The number of carbonyl (C=O) groups is 1. The van der Waals surface area contributed by atoms with Gasteiger partial charge in [0.2, 0.25) is 0 Å². The van der Waals surface area contributed by atoms with Gasteiger partial charge in [0.15, 0.2) is 0 Å². The lowest BCUT2D eigenvalue weighted by Crippen LogP contribution is -2.44. The van der Waals surface area contributed by atoms with Crippen molar-refractivity contribution < 1.29 is 9.53 Å². The van der Waals surface area contributed by atoms with Crippen molar-refractivity contribution in [3.8, 4) is 0 Å². The molecule has 2 heteroatoms. The monoisotopic (exact) mass is 170 g/mol. The molecular formula is C10H18O2. The first-order valence-corrected chi connectivity index (χ1v) is 5.00. The highest BCUT2D eigenvalue weighted by atomic mass is 16.6. The van der Waals surface area contributed by atoms with Gasteiger partial charge in [0.05, 0.1) is 5.92 Å². The number of hydrogen-bond donors (Lipinski definition) is 0. The van der Waals surface area contributed by atoms with E-state index in [1.165, 1.54) is 12.8 Å². The van der Waals surface area contributed by atoms with Crippen LogP contribution in [0.25, 0.3) is 0 Å². The number of rotatable bonds is 5. The summed E-state index contributed by atoms with van der Waals surface area (Å²) in [6.07, 6.45) is 5.77. The number of esters is 1. The van der Waals surface area contributed by atoms with Crippen LogP contribution in [0.5, 0.6) is 0 Å². The average Bonchev–Trinajstić information content (AvgIpc) is 2.08. The Labute approximate surface area is 74.3 Å². The van der Waals surface area contributed by atoms with E-state index in [0.29, 0.717) is 0 Å². The van der Waals surface area contributed by atoms with Gasteiger partial charge in [0.1, 0.15) is 6.10 Å². The first-order chi connectivity index (χ1) is 5.79. The molecule has 0 N–H and O–H groups in total. The molecule has 0 saturated carbocycles. The van der Waals surface area contributed by atoms with E-state index < -0.39 is 0 Å². The highest BCUT2D eigenvalue weighted by Crippen LogP contribution is 2.30. The van der Waals surface area contributed by atoms with E-state index in [0.717, 1.165) is 19.3 Å². The summed E-state index contributed by atoms with van der Waals surface area (Å²) < 4.78 is 5.07. The molecule has 0 bridgehead atoms. The Balaban J connectivity index is 2.22. The smallest absolute Gasteiger partial charge is 0.313 e. The molecule has 0 amide bonds. The Hall–Kier alpha value is -0.530.